The first-order valence-electron chi connectivity index (χ1n) is 7.76. The third kappa shape index (κ3) is 2.46. The highest BCUT2D eigenvalue weighted by Gasteiger charge is 2.21. The Morgan fingerprint density at radius 3 is 2.41 bits per heavy atom. The van der Waals surface area contributed by atoms with Gasteiger partial charge in [0, 0.05) is 17.6 Å². The van der Waals surface area contributed by atoms with Crippen LogP contribution in [0.15, 0.2) is 78.4 Å². The Morgan fingerprint density at radius 1 is 0.773 bits per heavy atom. The van der Waals surface area contributed by atoms with Crippen molar-refractivity contribution in [2.24, 2.45) is 0 Å². The maximum Gasteiger partial charge on any atom is 0.209 e. The highest BCUT2D eigenvalue weighted by Crippen LogP contribution is 2.20. The molecule has 0 spiro atoms. The molecule has 22 heavy (non-hydrogen) atoms. The van der Waals surface area contributed by atoms with Gasteiger partial charge in [0.05, 0.1) is 0 Å². The Morgan fingerprint density at radius 2 is 1.55 bits per heavy atom. The van der Waals surface area contributed by atoms with Gasteiger partial charge < -0.3 is 0 Å². The van der Waals surface area contributed by atoms with Gasteiger partial charge in [-0.2, -0.15) is 0 Å². The number of rotatable bonds is 2. The fraction of sp³-hybridized carbons (Fsp3) is 0.0952. The average Bonchev–Trinajstić information content (AvgIpc) is 3.04. The summed E-state index contributed by atoms with van der Waals surface area (Å²) in [4.78, 5) is 3.53. The number of hydrogen-bond acceptors (Lipinski definition) is 0. The van der Waals surface area contributed by atoms with E-state index in [2.05, 4.69) is 83.9 Å². The van der Waals surface area contributed by atoms with Gasteiger partial charge in [-0.05, 0) is 40.6 Å². The first-order valence-corrected chi connectivity index (χ1v) is 7.76. The average molecular weight is 284 g/mol. The van der Waals surface area contributed by atoms with Crippen molar-refractivity contribution in [2.45, 2.75) is 6.42 Å². The third-order valence-electron chi connectivity index (χ3n) is 4.19. The summed E-state index contributed by atoms with van der Waals surface area (Å²) in [5, 5.41) is 2.59. The molecule has 0 atom stereocenters. The molecule has 0 fully saturated rings. The molecule has 0 saturated carbocycles. The second-order valence-corrected chi connectivity index (χ2v) is 5.69. The standard InChI is InChI=1S/C21H17N/c1-2-7-18(8-3-1)21-20(12-13-22-21)15-16-10-11-17-6-4-5-9-19(17)14-16/h1-11,14-15H,12-13H2/p+1/b20-15+. The number of benzene rings is 3. The summed E-state index contributed by atoms with van der Waals surface area (Å²) in [5.41, 5.74) is 5.20. The summed E-state index contributed by atoms with van der Waals surface area (Å²) < 4.78 is 0. The van der Waals surface area contributed by atoms with E-state index in [4.69, 9.17) is 0 Å². The van der Waals surface area contributed by atoms with E-state index in [1.807, 2.05) is 0 Å². The minimum atomic E-state index is 1.02. The topological polar surface area (TPSA) is 14.0 Å². The third-order valence-corrected chi connectivity index (χ3v) is 4.19. The maximum atomic E-state index is 3.53. The summed E-state index contributed by atoms with van der Waals surface area (Å²) in [7, 11) is 0. The number of hydrogen-bond donors (Lipinski definition) is 1. The SMILES string of the molecule is C(=C1/CC[NH+]=C1c1ccccc1)/c1ccc2ccccc2c1. The lowest BCUT2D eigenvalue weighted by molar-refractivity contribution is -0.446. The van der Waals surface area contributed by atoms with Gasteiger partial charge in [-0.1, -0.05) is 54.6 Å². The Kier molecular flexibility index (Phi) is 3.32. The second kappa shape index (κ2) is 5.61. The minimum absolute atomic E-state index is 1.02. The molecule has 0 saturated heterocycles. The molecule has 1 heterocycles. The van der Waals surface area contributed by atoms with Crippen LogP contribution < -0.4 is 4.99 Å². The highest BCUT2D eigenvalue weighted by molar-refractivity contribution is 6.12. The molecule has 1 N–H and O–H groups in total. The molecule has 1 heteroatoms. The molecule has 4 rings (SSSR count). The zero-order chi connectivity index (χ0) is 14.8. The maximum absolute atomic E-state index is 3.53. The van der Waals surface area contributed by atoms with Crippen LogP contribution in [0.1, 0.15) is 17.5 Å². The van der Waals surface area contributed by atoms with Crippen molar-refractivity contribution >= 4 is 22.6 Å². The Labute approximate surface area is 130 Å². The fourth-order valence-electron chi connectivity index (χ4n) is 3.10. The van der Waals surface area contributed by atoms with Crippen LogP contribution in [0.3, 0.4) is 0 Å². The molecule has 106 valence electrons. The molecule has 0 bridgehead atoms. The Balaban J connectivity index is 1.73. The van der Waals surface area contributed by atoms with Gasteiger partial charge in [-0.3, -0.25) is 0 Å². The van der Waals surface area contributed by atoms with Gasteiger partial charge in [0.25, 0.3) is 0 Å². The molecule has 0 aromatic heterocycles. The smallest absolute Gasteiger partial charge is 0.209 e. The van der Waals surface area contributed by atoms with Gasteiger partial charge in [-0.15, -0.1) is 0 Å². The first kappa shape index (κ1) is 13.0. The van der Waals surface area contributed by atoms with Gasteiger partial charge in [0.2, 0.25) is 5.71 Å². The second-order valence-electron chi connectivity index (χ2n) is 5.69. The molecule has 0 unspecified atom stereocenters. The lowest BCUT2D eigenvalue weighted by Crippen LogP contribution is -2.69. The molecule has 1 aliphatic heterocycles. The van der Waals surface area contributed by atoms with Gasteiger partial charge in [0.15, 0.2) is 0 Å². The normalized spacial score (nSPS) is 16.2. The largest absolute Gasteiger partial charge is 0.241 e. The predicted molar refractivity (Wildman–Crippen MR) is 92.9 cm³/mol. The number of fused-ring (bicyclic) bond motifs is 1. The van der Waals surface area contributed by atoms with Crippen LogP contribution in [-0.4, -0.2) is 12.3 Å². The van der Waals surface area contributed by atoms with E-state index < -0.39 is 0 Å². The summed E-state index contributed by atoms with van der Waals surface area (Å²) >= 11 is 0. The summed E-state index contributed by atoms with van der Waals surface area (Å²) in [6.07, 6.45) is 3.39. The van der Waals surface area contributed by atoms with Crippen molar-refractivity contribution in [1.29, 1.82) is 0 Å². The quantitative estimate of drug-likeness (QED) is 0.743. The summed E-state index contributed by atoms with van der Waals surface area (Å²) in [6, 6.07) is 25.8. The van der Waals surface area contributed by atoms with Gasteiger partial charge in [-0.25, -0.2) is 4.99 Å². The molecule has 1 nitrogen and oxygen atoms in total. The number of nitrogens with one attached hydrogen (secondary N) is 1. The van der Waals surface area contributed by atoms with Crippen molar-refractivity contribution in [3.05, 3.63) is 89.5 Å². The fourth-order valence-corrected chi connectivity index (χ4v) is 3.10. The van der Waals surface area contributed by atoms with Crippen molar-refractivity contribution in [3.8, 4) is 0 Å². The molecule has 1 aliphatic rings. The van der Waals surface area contributed by atoms with Crippen LogP contribution in [0.4, 0.5) is 0 Å². The first-order chi connectivity index (χ1) is 10.9. The van der Waals surface area contributed by atoms with Crippen LogP contribution >= 0.6 is 0 Å². The van der Waals surface area contributed by atoms with E-state index in [0.717, 1.165) is 13.0 Å². The predicted octanol–water partition coefficient (Wildman–Crippen LogP) is 3.20. The highest BCUT2D eigenvalue weighted by atomic mass is 14.8. The molecule has 0 aliphatic carbocycles. The summed E-state index contributed by atoms with van der Waals surface area (Å²) in [6.45, 7) is 1.02. The van der Waals surface area contributed by atoms with Crippen LogP contribution in [-0.2, 0) is 0 Å². The lowest BCUT2D eigenvalue weighted by Gasteiger charge is -2.02. The van der Waals surface area contributed by atoms with E-state index in [1.54, 1.807) is 0 Å². The van der Waals surface area contributed by atoms with Gasteiger partial charge >= 0.3 is 0 Å². The van der Waals surface area contributed by atoms with Gasteiger partial charge in [0.1, 0.15) is 6.54 Å². The van der Waals surface area contributed by atoms with Crippen molar-refractivity contribution in [3.63, 3.8) is 0 Å². The van der Waals surface area contributed by atoms with E-state index in [9.17, 15) is 0 Å². The van der Waals surface area contributed by atoms with E-state index >= 15 is 0 Å². The molecule has 3 aromatic carbocycles. The minimum Gasteiger partial charge on any atom is -0.241 e. The monoisotopic (exact) mass is 284 g/mol. The molecule has 3 aromatic rings. The van der Waals surface area contributed by atoms with E-state index in [-0.39, 0.29) is 0 Å². The zero-order valence-corrected chi connectivity index (χ0v) is 12.4. The Bertz CT molecular complexity index is 873. The van der Waals surface area contributed by atoms with Crippen molar-refractivity contribution < 1.29 is 4.99 Å². The van der Waals surface area contributed by atoms with Crippen LogP contribution in [0, 0.1) is 0 Å². The van der Waals surface area contributed by atoms with Crippen molar-refractivity contribution in [1.82, 2.24) is 0 Å². The molecular formula is C21H18N+. The zero-order valence-electron chi connectivity index (χ0n) is 12.4. The van der Waals surface area contributed by atoms with Crippen LogP contribution in [0.5, 0.6) is 0 Å². The van der Waals surface area contributed by atoms with E-state index in [0.29, 0.717) is 0 Å². The molecule has 0 radical (unpaired) electrons. The molecule has 0 amide bonds. The van der Waals surface area contributed by atoms with E-state index in [1.165, 1.54) is 33.2 Å². The Hall–Kier alpha value is -2.67. The summed E-state index contributed by atoms with van der Waals surface area (Å²) in [5.74, 6) is 0. The lowest BCUT2D eigenvalue weighted by atomic mass is 9.99. The van der Waals surface area contributed by atoms with Crippen LogP contribution in [0.25, 0.3) is 16.8 Å². The van der Waals surface area contributed by atoms with Crippen LogP contribution in [0.2, 0.25) is 0 Å². The van der Waals surface area contributed by atoms with Crippen molar-refractivity contribution in [2.75, 3.05) is 6.54 Å². The molecular weight excluding hydrogens is 266 g/mol.